The summed E-state index contributed by atoms with van der Waals surface area (Å²) >= 11 is 3.28. The van der Waals surface area contributed by atoms with Crippen molar-refractivity contribution in [2.75, 3.05) is 5.32 Å². The second-order valence-corrected chi connectivity index (χ2v) is 7.03. The van der Waals surface area contributed by atoms with E-state index in [-0.39, 0.29) is 5.69 Å². The number of carbonyl (C=O) groups is 2. The van der Waals surface area contributed by atoms with Crippen LogP contribution in [0.2, 0.25) is 0 Å². The summed E-state index contributed by atoms with van der Waals surface area (Å²) in [4.78, 5) is 34.1. The Balaban J connectivity index is 1.60. The van der Waals surface area contributed by atoms with E-state index >= 15 is 0 Å². The smallest absolute Gasteiger partial charge is 0.329 e. The molecule has 3 aromatic rings. The van der Waals surface area contributed by atoms with Crippen LogP contribution in [0.15, 0.2) is 68.6 Å². The van der Waals surface area contributed by atoms with E-state index in [1.807, 2.05) is 0 Å². The molecule has 0 radical (unpaired) electrons. The molecule has 1 aromatic heterocycles. The fourth-order valence-electron chi connectivity index (χ4n) is 2.53. The number of anilines is 1. The van der Waals surface area contributed by atoms with Crippen LogP contribution < -0.4 is 10.7 Å². The summed E-state index contributed by atoms with van der Waals surface area (Å²) in [5.41, 5.74) is 3.95. The third-order valence-corrected chi connectivity index (χ3v) is 4.51. The van der Waals surface area contributed by atoms with Gasteiger partial charge in [-0.2, -0.15) is 5.10 Å². The van der Waals surface area contributed by atoms with Crippen LogP contribution in [0.25, 0.3) is 11.3 Å². The van der Waals surface area contributed by atoms with E-state index in [4.69, 9.17) is 4.42 Å². The Bertz CT molecular complexity index is 1140. The van der Waals surface area contributed by atoms with Crippen molar-refractivity contribution in [3.8, 4) is 11.3 Å². The first-order valence-electron chi connectivity index (χ1n) is 8.58. The van der Waals surface area contributed by atoms with Crippen LogP contribution in [-0.4, -0.2) is 23.0 Å². The quantitative estimate of drug-likeness (QED) is 0.252. The molecular weight excluding hydrogens is 456 g/mol. The molecule has 30 heavy (non-hydrogen) atoms. The van der Waals surface area contributed by atoms with E-state index in [1.54, 1.807) is 49.4 Å². The van der Waals surface area contributed by atoms with Gasteiger partial charge in [-0.25, -0.2) is 5.43 Å². The lowest BCUT2D eigenvalue weighted by Gasteiger charge is -2.03. The molecule has 0 aliphatic heterocycles. The van der Waals surface area contributed by atoms with Gasteiger partial charge in [0.15, 0.2) is 0 Å². The SMILES string of the molecule is Cc1cc([N+](=O)[O-])ccc1-c1ccc(/C=N/NC(=O)C(=O)Nc2ccc(Br)cc2)o1. The Morgan fingerprint density at radius 1 is 1.10 bits per heavy atom. The average molecular weight is 471 g/mol. The highest BCUT2D eigenvalue weighted by Crippen LogP contribution is 2.28. The zero-order valence-corrected chi connectivity index (χ0v) is 17.2. The fraction of sp³-hybridized carbons (Fsp3) is 0.0500. The van der Waals surface area contributed by atoms with Crippen molar-refractivity contribution in [1.82, 2.24) is 5.43 Å². The van der Waals surface area contributed by atoms with Crippen molar-refractivity contribution in [1.29, 1.82) is 0 Å². The molecule has 2 N–H and O–H groups in total. The molecular formula is C20H15BrN4O5. The molecule has 1 heterocycles. The van der Waals surface area contributed by atoms with Gasteiger partial charge in [0.1, 0.15) is 11.5 Å². The molecule has 2 amide bonds. The topological polar surface area (TPSA) is 127 Å². The van der Waals surface area contributed by atoms with E-state index in [1.165, 1.54) is 18.3 Å². The number of benzene rings is 2. The molecule has 0 fully saturated rings. The second-order valence-electron chi connectivity index (χ2n) is 6.12. The Morgan fingerprint density at radius 3 is 2.50 bits per heavy atom. The maximum Gasteiger partial charge on any atom is 0.329 e. The van der Waals surface area contributed by atoms with Crippen molar-refractivity contribution in [2.24, 2.45) is 5.10 Å². The monoisotopic (exact) mass is 470 g/mol. The van der Waals surface area contributed by atoms with E-state index in [0.717, 1.165) is 4.47 Å². The first kappa shape index (κ1) is 20.9. The van der Waals surface area contributed by atoms with Crippen LogP contribution in [0.3, 0.4) is 0 Å². The number of nitrogens with one attached hydrogen (secondary N) is 2. The van der Waals surface area contributed by atoms with Crippen LogP contribution in [-0.2, 0) is 9.59 Å². The van der Waals surface area contributed by atoms with Gasteiger partial charge in [0, 0.05) is 27.9 Å². The number of halogens is 1. The van der Waals surface area contributed by atoms with Gasteiger partial charge < -0.3 is 9.73 Å². The van der Waals surface area contributed by atoms with Crippen molar-refractivity contribution < 1.29 is 18.9 Å². The lowest BCUT2D eigenvalue weighted by molar-refractivity contribution is -0.384. The summed E-state index contributed by atoms with van der Waals surface area (Å²) in [6.07, 6.45) is 1.25. The minimum absolute atomic E-state index is 0.00582. The number of aryl methyl sites for hydroxylation is 1. The first-order valence-corrected chi connectivity index (χ1v) is 9.38. The lowest BCUT2D eigenvalue weighted by atomic mass is 10.1. The number of nitro groups is 1. The van der Waals surface area contributed by atoms with Crippen LogP contribution >= 0.6 is 15.9 Å². The molecule has 0 bridgehead atoms. The molecule has 0 atom stereocenters. The highest BCUT2D eigenvalue weighted by molar-refractivity contribution is 9.10. The normalized spacial score (nSPS) is 10.7. The van der Waals surface area contributed by atoms with E-state index in [9.17, 15) is 19.7 Å². The number of rotatable bonds is 5. The number of hydrogen-bond donors (Lipinski definition) is 2. The summed E-state index contributed by atoms with van der Waals surface area (Å²) in [5, 5.41) is 17.0. The molecule has 152 valence electrons. The molecule has 0 spiro atoms. The van der Waals surface area contributed by atoms with Crippen molar-refractivity contribution in [3.63, 3.8) is 0 Å². The highest BCUT2D eigenvalue weighted by atomic mass is 79.9. The number of amides is 2. The Hall–Kier alpha value is -3.79. The third-order valence-electron chi connectivity index (χ3n) is 3.98. The number of hydrazone groups is 1. The van der Waals surface area contributed by atoms with Gasteiger partial charge >= 0.3 is 11.8 Å². The summed E-state index contributed by atoms with van der Waals surface area (Å²) < 4.78 is 6.47. The standard InChI is InChI=1S/C20H15BrN4O5/c1-12-10-15(25(28)29)6-8-17(12)18-9-7-16(30-18)11-22-24-20(27)19(26)23-14-4-2-13(21)3-5-14/h2-11H,1H3,(H,23,26)(H,24,27)/b22-11+. The van der Waals surface area contributed by atoms with Crippen molar-refractivity contribution in [3.05, 3.63) is 80.5 Å². The molecule has 0 aliphatic carbocycles. The summed E-state index contributed by atoms with van der Waals surface area (Å²) in [6.45, 7) is 1.74. The summed E-state index contributed by atoms with van der Waals surface area (Å²) in [5.74, 6) is -0.984. The Morgan fingerprint density at radius 2 is 1.83 bits per heavy atom. The molecule has 3 rings (SSSR count). The van der Waals surface area contributed by atoms with Crippen molar-refractivity contribution >= 4 is 45.3 Å². The molecule has 10 heteroatoms. The largest absolute Gasteiger partial charge is 0.455 e. The predicted octanol–water partition coefficient (Wildman–Crippen LogP) is 4.01. The maximum absolute atomic E-state index is 11.9. The molecule has 2 aromatic carbocycles. The zero-order valence-electron chi connectivity index (χ0n) is 15.6. The van der Waals surface area contributed by atoms with E-state index in [2.05, 4.69) is 31.8 Å². The van der Waals surface area contributed by atoms with Gasteiger partial charge in [-0.1, -0.05) is 15.9 Å². The number of non-ortho nitro benzene ring substituents is 1. The zero-order chi connectivity index (χ0) is 21.7. The molecule has 0 saturated carbocycles. The van der Waals surface area contributed by atoms with E-state index in [0.29, 0.717) is 28.3 Å². The van der Waals surface area contributed by atoms with E-state index < -0.39 is 16.7 Å². The summed E-state index contributed by atoms with van der Waals surface area (Å²) in [6, 6.07) is 14.5. The minimum Gasteiger partial charge on any atom is -0.455 e. The highest BCUT2D eigenvalue weighted by Gasteiger charge is 2.14. The minimum atomic E-state index is -0.938. The molecule has 0 saturated heterocycles. The average Bonchev–Trinajstić information content (AvgIpc) is 3.18. The van der Waals surface area contributed by atoms with Gasteiger partial charge in [0.25, 0.3) is 5.69 Å². The molecule has 9 nitrogen and oxygen atoms in total. The molecule has 0 aliphatic rings. The fourth-order valence-corrected chi connectivity index (χ4v) is 2.80. The van der Waals surface area contributed by atoms with Gasteiger partial charge in [0.2, 0.25) is 0 Å². The van der Waals surface area contributed by atoms with Crippen LogP contribution in [0.1, 0.15) is 11.3 Å². The second kappa shape index (κ2) is 9.14. The lowest BCUT2D eigenvalue weighted by Crippen LogP contribution is -2.32. The number of hydrogen-bond acceptors (Lipinski definition) is 6. The Labute approximate surface area is 179 Å². The van der Waals surface area contributed by atoms with Crippen molar-refractivity contribution in [2.45, 2.75) is 6.92 Å². The van der Waals surface area contributed by atoms with Gasteiger partial charge in [-0.05, 0) is 55.0 Å². The van der Waals surface area contributed by atoms with Crippen LogP contribution in [0, 0.1) is 17.0 Å². The molecule has 0 unspecified atom stereocenters. The number of carbonyl (C=O) groups excluding carboxylic acids is 2. The number of nitro benzene ring substituents is 1. The van der Waals surface area contributed by atoms with Crippen LogP contribution in [0.5, 0.6) is 0 Å². The first-order chi connectivity index (χ1) is 14.3. The summed E-state index contributed by atoms with van der Waals surface area (Å²) in [7, 11) is 0. The van der Waals surface area contributed by atoms with Gasteiger partial charge in [0.05, 0.1) is 11.1 Å². The Kier molecular flexibility index (Phi) is 6.38. The number of furan rings is 1. The predicted molar refractivity (Wildman–Crippen MR) is 114 cm³/mol. The van der Waals surface area contributed by atoms with Gasteiger partial charge in [-0.15, -0.1) is 0 Å². The van der Waals surface area contributed by atoms with Gasteiger partial charge in [-0.3, -0.25) is 19.7 Å². The number of nitrogens with zero attached hydrogens (tertiary/aromatic N) is 2. The maximum atomic E-state index is 11.9. The van der Waals surface area contributed by atoms with Crippen LogP contribution in [0.4, 0.5) is 11.4 Å². The third kappa shape index (κ3) is 5.17.